The van der Waals surface area contributed by atoms with Crippen molar-refractivity contribution >= 4 is 46.2 Å². The van der Waals surface area contributed by atoms with Crippen LogP contribution in [0.2, 0.25) is 0 Å². The molecule has 0 N–H and O–H groups in total. The minimum absolute atomic E-state index is 0.000895. The minimum atomic E-state index is -0.000895. The number of unbranched alkanes of at least 4 members (excludes halogenated alkanes) is 2. The van der Waals surface area contributed by atoms with Crippen molar-refractivity contribution in [2.45, 2.75) is 64.3 Å². The van der Waals surface area contributed by atoms with Gasteiger partial charge < -0.3 is 4.90 Å². The van der Waals surface area contributed by atoms with Crippen LogP contribution < -0.4 is 0 Å². The number of nitrogens with zero attached hydrogens (tertiary/aromatic N) is 2. The zero-order valence-corrected chi connectivity index (χ0v) is 18.8. The van der Waals surface area contributed by atoms with Gasteiger partial charge in [-0.05, 0) is 50.2 Å². The van der Waals surface area contributed by atoms with Crippen LogP contribution in [-0.4, -0.2) is 45.1 Å². The Balaban J connectivity index is 1.41. The third kappa shape index (κ3) is 5.92. The molecule has 0 saturated carbocycles. The van der Waals surface area contributed by atoms with E-state index < -0.39 is 0 Å². The van der Waals surface area contributed by atoms with Crippen molar-refractivity contribution in [3.05, 3.63) is 40.8 Å². The van der Waals surface area contributed by atoms with Gasteiger partial charge in [-0.15, -0.1) is 0 Å². The first kappa shape index (κ1) is 22.0. The first-order valence-corrected chi connectivity index (χ1v) is 11.9. The summed E-state index contributed by atoms with van der Waals surface area (Å²) in [5.41, 5.74) is 1.01. The molecule has 2 amide bonds. The molecule has 6 heteroatoms. The van der Waals surface area contributed by atoms with Crippen LogP contribution in [0.5, 0.6) is 0 Å². The number of thiocarbonyl (C=S) groups is 1. The maximum absolute atomic E-state index is 12.7. The summed E-state index contributed by atoms with van der Waals surface area (Å²) in [5.74, 6) is 0.298. The fourth-order valence-corrected chi connectivity index (χ4v) is 5.32. The largest absolute Gasteiger partial charge is 0.340 e. The second-order valence-corrected chi connectivity index (χ2v) is 9.38. The van der Waals surface area contributed by atoms with E-state index in [-0.39, 0.29) is 5.91 Å². The monoisotopic (exact) mass is 430 g/mol. The highest BCUT2D eigenvalue weighted by Crippen LogP contribution is 2.32. The van der Waals surface area contributed by atoms with Crippen LogP contribution in [-0.2, 0) is 9.59 Å². The normalized spacial score (nSPS) is 21.3. The van der Waals surface area contributed by atoms with E-state index in [0.717, 1.165) is 50.6 Å². The number of amides is 2. The number of hydrogen-bond acceptors (Lipinski definition) is 4. The second kappa shape index (κ2) is 10.9. The van der Waals surface area contributed by atoms with Crippen molar-refractivity contribution in [3.63, 3.8) is 0 Å². The van der Waals surface area contributed by atoms with Crippen LogP contribution in [0.25, 0.3) is 6.08 Å². The van der Waals surface area contributed by atoms with Gasteiger partial charge in [-0.3, -0.25) is 14.5 Å². The molecular weight excluding hydrogens is 400 g/mol. The molecule has 2 fully saturated rings. The first-order chi connectivity index (χ1) is 14.1. The molecule has 2 heterocycles. The van der Waals surface area contributed by atoms with Crippen LogP contribution in [0.3, 0.4) is 0 Å². The van der Waals surface area contributed by atoms with E-state index in [4.69, 9.17) is 12.2 Å². The molecule has 1 atom stereocenters. The fourth-order valence-electron chi connectivity index (χ4n) is 4.01. The molecule has 2 aliphatic rings. The van der Waals surface area contributed by atoms with E-state index in [9.17, 15) is 9.59 Å². The van der Waals surface area contributed by atoms with E-state index >= 15 is 0 Å². The fraction of sp³-hybridized carbons (Fsp3) is 0.522. The topological polar surface area (TPSA) is 40.6 Å². The first-order valence-electron chi connectivity index (χ1n) is 10.7. The molecule has 0 radical (unpaired) electrons. The molecule has 0 spiro atoms. The number of piperidine rings is 1. The lowest BCUT2D eigenvalue weighted by Crippen LogP contribution is -2.43. The number of hydrogen-bond donors (Lipinski definition) is 0. The summed E-state index contributed by atoms with van der Waals surface area (Å²) in [5, 5.41) is 0. The summed E-state index contributed by atoms with van der Waals surface area (Å²) < 4.78 is 0.632. The Morgan fingerprint density at radius 1 is 1.21 bits per heavy atom. The van der Waals surface area contributed by atoms with E-state index in [1.54, 1.807) is 4.90 Å². The molecule has 1 unspecified atom stereocenters. The van der Waals surface area contributed by atoms with Gasteiger partial charge in [0.15, 0.2) is 0 Å². The van der Waals surface area contributed by atoms with Crippen molar-refractivity contribution in [1.29, 1.82) is 0 Å². The molecule has 2 saturated heterocycles. The molecule has 0 bridgehead atoms. The van der Waals surface area contributed by atoms with Crippen molar-refractivity contribution in [3.8, 4) is 0 Å². The minimum Gasteiger partial charge on any atom is -0.340 e. The van der Waals surface area contributed by atoms with Crippen molar-refractivity contribution in [1.82, 2.24) is 9.80 Å². The molecule has 2 aliphatic heterocycles. The summed E-state index contributed by atoms with van der Waals surface area (Å²) in [6.07, 6.45) is 9.77. The molecule has 1 aromatic carbocycles. The van der Waals surface area contributed by atoms with Crippen LogP contribution in [0, 0.1) is 0 Å². The van der Waals surface area contributed by atoms with Gasteiger partial charge in [-0.2, -0.15) is 0 Å². The molecular formula is C23H30N2O2S2. The highest BCUT2D eigenvalue weighted by molar-refractivity contribution is 8.26. The third-order valence-electron chi connectivity index (χ3n) is 5.66. The summed E-state index contributed by atoms with van der Waals surface area (Å²) in [7, 11) is 0. The number of rotatable bonds is 8. The zero-order valence-electron chi connectivity index (χ0n) is 17.1. The Bertz CT molecular complexity index is 763. The predicted octanol–water partition coefficient (Wildman–Crippen LogP) is 5.24. The van der Waals surface area contributed by atoms with Crippen LogP contribution >= 0.6 is 24.0 Å². The maximum atomic E-state index is 12.7. The Morgan fingerprint density at radius 2 is 2.00 bits per heavy atom. The zero-order chi connectivity index (χ0) is 20.6. The van der Waals surface area contributed by atoms with E-state index in [2.05, 4.69) is 11.8 Å². The average Bonchev–Trinajstić information content (AvgIpc) is 3.01. The lowest BCUT2D eigenvalue weighted by Gasteiger charge is -2.35. The van der Waals surface area contributed by atoms with Gasteiger partial charge in [-0.25, -0.2) is 0 Å². The third-order valence-corrected chi connectivity index (χ3v) is 7.04. The molecule has 0 aromatic heterocycles. The van der Waals surface area contributed by atoms with Crippen molar-refractivity contribution in [2.24, 2.45) is 0 Å². The molecule has 29 heavy (non-hydrogen) atoms. The van der Waals surface area contributed by atoms with Gasteiger partial charge in [-0.1, -0.05) is 67.7 Å². The molecule has 4 nitrogen and oxygen atoms in total. The lowest BCUT2D eigenvalue weighted by atomic mass is 9.99. The van der Waals surface area contributed by atoms with E-state index in [1.165, 1.54) is 18.2 Å². The van der Waals surface area contributed by atoms with Crippen molar-refractivity contribution < 1.29 is 9.59 Å². The van der Waals surface area contributed by atoms with E-state index in [1.807, 2.05) is 36.4 Å². The smallest absolute Gasteiger partial charge is 0.266 e. The van der Waals surface area contributed by atoms with Crippen molar-refractivity contribution in [2.75, 3.05) is 13.1 Å². The van der Waals surface area contributed by atoms with Gasteiger partial charge in [0.2, 0.25) is 5.91 Å². The van der Waals surface area contributed by atoms with Crippen LogP contribution in [0.1, 0.15) is 63.9 Å². The Labute approximate surface area is 183 Å². The molecule has 3 rings (SSSR count). The average molecular weight is 431 g/mol. The lowest BCUT2D eigenvalue weighted by molar-refractivity contribution is -0.135. The summed E-state index contributed by atoms with van der Waals surface area (Å²) in [6.45, 7) is 3.72. The number of carbonyl (C=O) groups is 2. The van der Waals surface area contributed by atoms with Gasteiger partial charge in [0.1, 0.15) is 4.32 Å². The summed E-state index contributed by atoms with van der Waals surface area (Å²) >= 11 is 6.78. The van der Waals surface area contributed by atoms with Gasteiger partial charge >= 0.3 is 0 Å². The number of carbonyl (C=O) groups excluding carboxylic acids is 2. The van der Waals surface area contributed by atoms with E-state index in [0.29, 0.717) is 34.1 Å². The maximum Gasteiger partial charge on any atom is 0.266 e. The van der Waals surface area contributed by atoms with Gasteiger partial charge in [0, 0.05) is 25.6 Å². The SMILES string of the molecule is CCC1CCCCN1C(=O)CCCCCN1C(=O)/C(=C/c2ccccc2)SC1=S. The second-order valence-electron chi connectivity index (χ2n) is 7.70. The molecule has 0 aliphatic carbocycles. The Kier molecular flexibility index (Phi) is 8.30. The van der Waals surface area contributed by atoms with Crippen LogP contribution in [0.15, 0.2) is 35.2 Å². The summed E-state index contributed by atoms with van der Waals surface area (Å²) in [6, 6.07) is 10.3. The van der Waals surface area contributed by atoms with Gasteiger partial charge in [0.25, 0.3) is 5.91 Å². The van der Waals surface area contributed by atoms with Crippen LogP contribution in [0.4, 0.5) is 0 Å². The highest BCUT2D eigenvalue weighted by atomic mass is 32.2. The number of likely N-dealkylation sites (tertiary alicyclic amines) is 1. The predicted molar refractivity (Wildman–Crippen MR) is 124 cm³/mol. The summed E-state index contributed by atoms with van der Waals surface area (Å²) in [4.78, 5) is 29.7. The standard InChI is InChI=1S/C23H30N2O2S2/c1-2-19-13-8-10-15-24(19)21(26)14-7-4-9-16-25-22(27)20(29-23(25)28)17-18-11-5-3-6-12-18/h3,5-6,11-12,17,19H,2,4,7-10,13-16H2,1H3/b20-17-. The highest BCUT2D eigenvalue weighted by Gasteiger charge is 2.31. The number of benzene rings is 1. The van der Waals surface area contributed by atoms with Gasteiger partial charge in [0.05, 0.1) is 4.91 Å². The molecule has 156 valence electrons. The Hall–Kier alpha value is -1.66. The molecule has 1 aromatic rings. The number of thioether (sulfide) groups is 1. The quantitative estimate of drug-likeness (QED) is 0.321. The Morgan fingerprint density at radius 3 is 2.76 bits per heavy atom.